The summed E-state index contributed by atoms with van der Waals surface area (Å²) in [6.07, 6.45) is 4.58. The van der Waals surface area contributed by atoms with Crippen molar-refractivity contribution in [2.45, 2.75) is 32.6 Å². The lowest BCUT2D eigenvalue weighted by Crippen LogP contribution is -2.36. The number of nitrogens with zero attached hydrogens (tertiary/aromatic N) is 3. The van der Waals surface area contributed by atoms with Crippen LogP contribution in [0.3, 0.4) is 0 Å². The fourth-order valence-corrected chi connectivity index (χ4v) is 4.11. The van der Waals surface area contributed by atoms with Gasteiger partial charge < -0.3 is 19.7 Å². The summed E-state index contributed by atoms with van der Waals surface area (Å²) in [6, 6.07) is 7.94. The molecule has 6 nitrogen and oxygen atoms in total. The Hall–Kier alpha value is -2.12. The minimum atomic E-state index is -0.714. The second-order valence-corrected chi connectivity index (χ2v) is 8.52. The maximum absolute atomic E-state index is 14.4. The minimum Gasteiger partial charge on any atom is -0.475 e. The summed E-state index contributed by atoms with van der Waals surface area (Å²) >= 11 is 5.99. The Labute approximate surface area is 181 Å². The molecule has 30 heavy (non-hydrogen) atoms. The molecule has 0 spiro atoms. The van der Waals surface area contributed by atoms with Crippen molar-refractivity contribution in [3.05, 3.63) is 35.2 Å². The Morgan fingerprint density at radius 2 is 1.83 bits per heavy atom. The second kappa shape index (κ2) is 9.79. The Morgan fingerprint density at radius 3 is 2.53 bits per heavy atom. The van der Waals surface area contributed by atoms with Gasteiger partial charge in [0.05, 0.1) is 19.8 Å². The first-order valence-electron chi connectivity index (χ1n) is 10.6. The van der Waals surface area contributed by atoms with Gasteiger partial charge in [0.2, 0.25) is 11.8 Å². The summed E-state index contributed by atoms with van der Waals surface area (Å²) in [4.78, 5) is 10.5. The van der Waals surface area contributed by atoms with Crippen LogP contribution in [0.5, 0.6) is 5.88 Å². The average Bonchev–Trinajstić information content (AvgIpc) is 2.77. The predicted octanol–water partition coefficient (Wildman–Crippen LogP) is 5.05. The molecular weight excluding hydrogens is 407 g/mol. The molecule has 0 atom stereocenters. The molecule has 0 amide bonds. The zero-order valence-electron chi connectivity index (χ0n) is 17.2. The van der Waals surface area contributed by atoms with Gasteiger partial charge >= 0.3 is 0 Å². The lowest BCUT2D eigenvalue weighted by atomic mass is 9.83. The number of hydrogen-bond donors (Lipinski definition) is 1. The second-order valence-electron chi connectivity index (χ2n) is 8.17. The number of halogens is 2. The predicted molar refractivity (Wildman–Crippen MR) is 116 cm³/mol. The molecule has 1 aromatic carbocycles. The van der Waals surface area contributed by atoms with Crippen LogP contribution in [-0.2, 0) is 4.74 Å². The Kier molecular flexibility index (Phi) is 6.89. The lowest BCUT2D eigenvalue weighted by molar-refractivity contribution is 0.122. The van der Waals surface area contributed by atoms with E-state index in [1.165, 1.54) is 12.8 Å². The summed E-state index contributed by atoms with van der Waals surface area (Å²) in [7, 11) is 0. The first-order valence-corrected chi connectivity index (χ1v) is 11.0. The average molecular weight is 435 g/mol. The molecule has 1 saturated heterocycles. The van der Waals surface area contributed by atoms with Gasteiger partial charge in [0.25, 0.3) is 5.88 Å². The van der Waals surface area contributed by atoms with E-state index in [9.17, 15) is 4.39 Å². The zero-order valence-corrected chi connectivity index (χ0v) is 18.0. The molecule has 1 aliphatic heterocycles. The standard InChI is InChI=1S/C22H28ClFN4O2/c1-15-2-4-16(5-3-15)14-30-21-19(24)20(23)26-22(27-21)25-17-6-8-18(9-7-17)28-10-12-29-13-11-28/h6-9,15-16H,2-5,10-14H2,1H3,(H,25,26,27). The van der Waals surface area contributed by atoms with E-state index in [2.05, 4.69) is 27.1 Å². The van der Waals surface area contributed by atoms with Crippen molar-refractivity contribution in [1.82, 2.24) is 9.97 Å². The highest BCUT2D eigenvalue weighted by Crippen LogP contribution is 2.30. The van der Waals surface area contributed by atoms with Crippen molar-refractivity contribution >= 4 is 28.9 Å². The number of hydrogen-bond acceptors (Lipinski definition) is 6. The SMILES string of the molecule is CC1CCC(COc2nc(Nc3ccc(N4CCOCC4)cc3)nc(Cl)c2F)CC1. The molecule has 2 fully saturated rings. The van der Waals surface area contributed by atoms with Gasteiger partial charge in [0.15, 0.2) is 5.15 Å². The van der Waals surface area contributed by atoms with Gasteiger partial charge in [-0.25, -0.2) is 0 Å². The van der Waals surface area contributed by atoms with Crippen LogP contribution < -0.4 is 15.0 Å². The van der Waals surface area contributed by atoms with E-state index in [1.807, 2.05) is 24.3 Å². The molecule has 2 aromatic rings. The van der Waals surface area contributed by atoms with Crippen molar-refractivity contribution in [3.8, 4) is 5.88 Å². The molecule has 2 heterocycles. The van der Waals surface area contributed by atoms with E-state index in [-0.39, 0.29) is 17.0 Å². The van der Waals surface area contributed by atoms with Gasteiger partial charge in [-0.1, -0.05) is 31.4 Å². The molecular formula is C22H28ClFN4O2. The van der Waals surface area contributed by atoms with E-state index in [4.69, 9.17) is 21.1 Å². The van der Waals surface area contributed by atoms with Gasteiger partial charge in [-0.15, -0.1) is 0 Å². The van der Waals surface area contributed by atoms with E-state index >= 15 is 0 Å². The van der Waals surface area contributed by atoms with Crippen LogP contribution in [0.25, 0.3) is 0 Å². The summed E-state index contributed by atoms with van der Waals surface area (Å²) in [5.41, 5.74) is 1.93. The summed E-state index contributed by atoms with van der Waals surface area (Å²) < 4.78 is 25.5. The number of nitrogens with one attached hydrogen (secondary N) is 1. The van der Waals surface area contributed by atoms with Crippen LogP contribution in [0.15, 0.2) is 24.3 Å². The molecule has 1 N–H and O–H groups in total. The summed E-state index contributed by atoms with van der Waals surface area (Å²) in [6.45, 7) is 5.96. The molecule has 4 rings (SSSR count). The quantitative estimate of drug-likeness (QED) is 0.641. The van der Waals surface area contributed by atoms with Crippen molar-refractivity contribution in [3.63, 3.8) is 0 Å². The first-order chi connectivity index (χ1) is 14.6. The zero-order chi connectivity index (χ0) is 20.9. The Balaban J connectivity index is 1.40. The molecule has 0 radical (unpaired) electrons. The number of ether oxygens (including phenoxy) is 2. The van der Waals surface area contributed by atoms with E-state index in [0.717, 1.165) is 56.4 Å². The van der Waals surface area contributed by atoms with Gasteiger partial charge in [0, 0.05) is 24.5 Å². The first kappa shape index (κ1) is 21.1. The van der Waals surface area contributed by atoms with E-state index in [1.54, 1.807) is 0 Å². The van der Waals surface area contributed by atoms with Crippen LogP contribution in [0.2, 0.25) is 5.15 Å². The topological polar surface area (TPSA) is 59.5 Å². The molecule has 1 aromatic heterocycles. The Bertz CT molecular complexity index is 838. The third-order valence-corrected chi connectivity index (χ3v) is 6.12. The molecule has 2 aliphatic rings. The fraction of sp³-hybridized carbons (Fsp3) is 0.545. The Morgan fingerprint density at radius 1 is 1.13 bits per heavy atom. The third-order valence-electron chi connectivity index (χ3n) is 5.87. The number of morpholine rings is 1. The summed E-state index contributed by atoms with van der Waals surface area (Å²) in [5.74, 6) is 0.596. The molecule has 162 valence electrons. The third kappa shape index (κ3) is 5.32. The highest BCUT2D eigenvalue weighted by Gasteiger charge is 2.21. The minimum absolute atomic E-state index is 0.0962. The van der Waals surface area contributed by atoms with Crippen LogP contribution >= 0.6 is 11.6 Å². The monoisotopic (exact) mass is 434 g/mol. The fourth-order valence-electron chi connectivity index (χ4n) is 3.95. The number of benzene rings is 1. The molecule has 1 aliphatic carbocycles. The van der Waals surface area contributed by atoms with Crippen LogP contribution in [0, 0.1) is 17.7 Å². The van der Waals surface area contributed by atoms with Crippen molar-refractivity contribution < 1.29 is 13.9 Å². The van der Waals surface area contributed by atoms with E-state index in [0.29, 0.717) is 12.5 Å². The van der Waals surface area contributed by atoms with Crippen LogP contribution in [-0.4, -0.2) is 42.9 Å². The van der Waals surface area contributed by atoms with Gasteiger partial charge in [-0.05, 0) is 48.9 Å². The summed E-state index contributed by atoms with van der Waals surface area (Å²) in [5, 5.41) is 2.84. The van der Waals surface area contributed by atoms with Crippen LogP contribution in [0.1, 0.15) is 32.6 Å². The van der Waals surface area contributed by atoms with Gasteiger partial charge in [-0.2, -0.15) is 14.4 Å². The van der Waals surface area contributed by atoms with E-state index < -0.39 is 5.82 Å². The maximum atomic E-state index is 14.4. The highest BCUT2D eigenvalue weighted by atomic mass is 35.5. The van der Waals surface area contributed by atoms with Gasteiger partial charge in [0.1, 0.15) is 0 Å². The number of anilines is 3. The lowest BCUT2D eigenvalue weighted by Gasteiger charge is -2.28. The molecule has 1 saturated carbocycles. The maximum Gasteiger partial charge on any atom is 0.257 e. The molecule has 0 unspecified atom stereocenters. The van der Waals surface area contributed by atoms with Crippen molar-refractivity contribution in [2.24, 2.45) is 11.8 Å². The highest BCUT2D eigenvalue weighted by molar-refractivity contribution is 6.29. The molecule has 0 bridgehead atoms. The van der Waals surface area contributed by atoms with Gasteiger partial charge in [-0.3, -0.25) is 0 Å². The molecule has 8 heteroatoms. The number of rotatable bonds is 6. The largest absolute Gasteiger partial charge is 0.475 e. The van der Waals surface area contributed by atoms with Crippen molar-refractivity contribution in [2.75, 3.05) is 43.1 Å². The van der Waals surface area contributed by atoms with Crippen molar-refractivity contribution in [1.29, 1.82) is 0 Å². The smallest absolute Gasteiger partial charge is 0.257 e. The normalized spacial score (nSPS) is 22.0. The number of aromatic nitrogens is 2. The van der Waals surface area contributed by atoms with Crippen LogP contribution in [0.4, 0.5) is 21.7 Å².